The van der Waals surface area contributed by atoms with Crippen LogP contribution in [0, 0.1) is 11.8 Å². The van der Waals surface area contributed by atoms with Gasteiger partial charge in [-0.1, -0.05) is 22.8 Å². The van der Waals surface area contributed by atoms with Crippen molar-refractivity contribution in [2.45, 2.75) is 38.8 Å². The number of halogens is 1. The monoisotopic (exact) mass is 505 g/mol. The lowest BCUT2D eigenvalue weighted by atomic mass is 9.91. The molecule has 0 aliphatic rings. The van der Waals surface area contributed by atoms with Crippen LogP contribution in [0.2, 0.25) is 0 Å². The Bertz CT molecular complexity index is 441. The molecule has 0 saturated heterocycles. The van der Waals surface area contributed by atoms with Gasteiger partial charge >= 0.3 is 5.97 Å². The van der Waals surface area contributed by atoms with Gasteiger partial charge in [-0.3, -0.25) is 14.4 Å². The van der Waals surface area contributed by atoms with E-state index in [1.165, 1.54) is 0 Å². The van der Waals surface area contributed by atoms with Crippen LogP contribution in [0.3, 0.4) is 0 Å². The molecule has 0 bridgehead atoms. The fourth-order valence-electron chi connectivity index (χ4n) is 2.22. The number of amides is 2. The number of carbonyl (C=O) groups is 3. The van der Waals surface area contributed by atoms with E-state index in [9.17, 15) is 14.4 Å². The minimum absolute atomic E-state index is 0.00985. The van der Waals surface area contributed by atoms with E-state index >= 15 is 0 Å². The standard InChI is InChI=1S/C15H28IN3O4S2/c1-9(2)11(6-13(20)21)14(22)19-12(7-17)15(23)18-10(8-24-3)4-5-25-16/h9-12H,4-8,17H2,1-3H3,(H,18,23)(H,19,22)(H,20,21). The number of hydrogen-bond donors (Lipinski definition) is 4. The second-order valence-electron chi connectivity index (χ2n) is 6.01. The first kappa shape index (κ1) is 24.8. The minimum atomic E-state index is -1.04. The van der Waals surface area contributed by atoms with Gasteiger partial charge < -0.3 is 21.5 Å². The molecule has 146 valence electrons. The lowest BCUT2D eigenvalue weighted by Crippen LogP contribution is -2.55. The van der Waals surface area contributed by atoms with Crippen LogP contribution in [-0.2, 0) is 14.4 Å². The Balaban J connectivity index is 4.84. The van der Waals surface area contributed by atoms with Gasteiger partial charge in [0.05, 0.1) is 12.3 Å². The van der Waals surface area contributed by atoms with E-state index in [0.717, 1.165) is 17.9 Å². The van der Waals surface area contributed by atoms with Gasteiger partial charge in [0.1, 0.15) is 6.04 Å². The molecule has 7 nitrogen and oxygen atoms in total. The lowest BCUT2D eigenvalue weighted by molar-refractivity contribution is -0.142. The summed E-state index contributed by atoms with van der Waals surface area (Å²) in [5.74, 6) is -0.974. The van der Waals surface area contributed by atoms with Gasteiger partial charge in [0, 0.05) is 24.1 Å². The molecule has 0 heterocycles. The third kappa shape index (κ3) is 10.5. The van der Waals surface area contributed by atoms with Gasteiger partial charge in [-0.2, -0.15) is 11.8 Å². The van der Waals surface area contributed by atoms with Crippen LogP contribution in [0.5, 0.6) is 0 Å². The molecule has 0 saturated carbocycles. The largest absolute Gasteiger partial charge is 0.481 e. The van der Waals surface area contributed by atoms with Crippen LogP contribution < -0.4 is 16.4 Å². The predicted molar refractivity (Wildman–Crippen MR) is 113 cm³/mol. The molecule has 5 N–H and O–H groups in total. The van der Waals surface area contributed by atoms with Crippen LogP contribution in [0.1, 0.15) is 26.7 Å². The topological polar surface area (TPSA) is 122 Å². The van der Waals surface area contributed by atoms with Crippen molar-refractivity contribution < 1.29 is 19.5 Å². The molecule has 3 atom stereocenters. The predicted octanol–water partition coefficient (Wildman–Crippen LogP) is 1.50. The van der Waals surface area contributed by atoms with E-state index in [1.54, 1.807) is 34.5 Å². The number of carbonyl (C=O) groups excluding carboxylic acids is 2. The quantitative estimate of drug-likeness (QED) is 0.280. The summed E-state index contributed by atoms with van der Waals surface area (Å²) >= 11 is 3.86. The van der Waals surface area contributed by atoms with Gasteiger partial charge in [-0.05, 0) is 39.8 Å². The SMILES string of the molecule is CSCC(CCSI)NC(=O)C(CN)NC(=O)C(CC(=O)O)C(C)C. The molecule has 0 fully saturated rings. The van der Waals surface area contributed by atoms with Gasteiger partial charge in [0.15, 0.2) is 0 Å². The van der Waals surface area contributed by atoms with Crippen molar-refractivity contribution in [3.05, 3.63) is 0 Å². The molecular weight excluding hydrogens is 477 g/mol. The Kier molecular flexibility index (Phi) is 13.8. The first-order valence-electron chi connectivity index (χ1n) is 8.01. The Labute approximate surface area is 170 Å². The summed E-state index contributed by atoms with van der Waals surface area (Å²) in [7, 11) is 1.68. The van der Waals surface area contributed by atoms with Crippen molar-refractivity contribution in [3.63, 3.8) is 0 Å². The van der Waals surface area contributed by atoms with Crippen LogP contribution in [0.25, 0.3) is 0 Å². The maximum atomic E-state index is 12.4. The Morgan fingerprint density at radius 2 is 1.84 bits per heavy atom. The number of carboxylic acid groups (broad SMARTS) is 1. The summed E-state index contributed by atoms with van der Waals surface area (Å²) in [6.07, 6.45) is 2.53. The lowest BCUT2D eigenvalue weighted by Gasteiger charge is -2.25. The number of carboxylic acids is 1. The first-order valence-corrected chi connectivity index (χ1v) is 12.9. The molecular formula is C15H28IN3O4S2. The molecule has 0 aromatic carbocycles. The molecule has 25 heavy (non-hydrogen) atoms. The number of rotatable bonds is 13. The fourth-order valence-corrected chi connectivity index (χ4v) is 4.01. The number of nitrogens with one attached hydrogen (secondary N) is 2. The molecule has 0 aliphatic carbocycles. The molecule has 0 rings (SSSR count). The maximum Gasteiger partial charge on any atom is 0.304 e. The van der Waals surface area contributed by atoms with E-state index in [-0.39, 0.29) is 30.8 Å². The van der Waals surface area contributed by atoms with Crippen LogP contribution >= 0.6 is 41.9 Å². The van der Waals surface area contributed by atoms with Crippen LogP contribution in [0.4, 0.5) is 0 Å². The highest BCUT2D eigenvalue weighted by atomic mass is 127. The molecule has 3 unspecified atom stereocenters. The summed E-state index contributed by atoms with van der Waals surface area (Å²) < 4.78 is 0. The van der Waals surface area contributed by atoms with Crippen molar-refractivity contribution in [1.29, 1.82) is 0 Å². The summed E-state index contributed by atoms with van der Waals surface area (Å²) in [5, 5.41) is 14.5. The van der Waals surface area contributed by atoms with E-state index < -0.39 is 23.8 Å². The molecule has 0 radical (unpaired) electrons. The zero-order valence-electron chi connectivity index (χ0n) is 14.8. The smallest absolute Gasteiger partial charge is 0.304 e. The first-order chi connectivity index (χ1) is 11.8. The number of hydrogen-bond acceptors (Lipinski definition) is 6. The van der Waals surface area contributed by atoms with E-state index in [4.69, 9.17) is 10.8 Å². The fraction of sp³-hybridized carbons (Fsp3) is 0.800. The number of aliphatic carboxylic acids is 1. The third-order valence-corrected chi connectivity index (χ3v) is 6.11. The Morgan fingerprint density at radius 1 is 1.20 bits per heavy atom. The highest BCUT2D eigenvalue weighted by molar-refractivity contribution is 14.2. The van der Waals surface area contributed by atoms with Crippen molar-refractivity contribution in [3.8, 4) is 0 Å². The van der Waals surface area contributed by atoms with E-state index in [0.29, 0.717) is 0 Å². The average molecular weight is 505 g/mol. The molecule has 10 heteroatoms. The molecule has 0 spiro atoms. The van der Waals surface area contributed by atoms with Crippen molar-refractivity contribution >= 4 is 59.7 Å². The van der Waals surface area contributed by atoms with Crippen molar-refractivity contribution in [1.82, 2.24) is 10.6 Å². The minimum Gasteiger partial charge on any atom is -0.481 e. The zero-order valence-corrected chi connectivity index (χ0v) is 18.6. The Hall–Kier alpha value is -0.200. The average Bonchev–Trinajstić information content (AvgIpc) is 2.54. The molecule has 0 aromatic heterocycles. The zero-order chi connectivity index (χ0) is 19.4. The van der Waals surface area contributed by atoms with Gasteiger partial charge in [0.25, 0.3) is 0 Å². The van der Waals surface area contributed by atoms with Gasteiger partial charge in [-0.25, -0.2) is 0 Å². The Morgan fingerprint density at radius 3 is 2.28 bits per heavy atom. The summed E-state index contributed by atoms with van der Waals surface area (Å²) in [6, 6.07) is -0.852. The molecule has 0 aliphatic heterocycles. The second-order valence-corrected chi connectivity index (χ2v) is 9.41. The van der Waals surface area contributed by atoms with Crippen LogP contribution in [0.15, 0.2) is 0 Å². The van der Waals surface area contributed by atoms with Gasteiger partial charge in [0.2, 0.25) is 11.8 Å². The van der Waals surface area contributed by atoms with Gasteiger partial charge in [-0.15, -0.1) is 0 Å². The highest BCUT2D eigenvalue weighted by Crippen LogP contribution is 2.16. The highest BCUT2D eigenvalue weighted by Gasteiger charge is 2.29. The molecule has 2 amide bonds. The maximum absolute atomic E-state index is 12.4. The summed E-state index contributed by atoms with van der Waals surface area (Å²) in [4.78, 5) is 35.7. The summed E-state index contributed by atoms with van der Waals surface area (Å²) in [6.45, 7) is 3.52. The number of nitrogens with two attached hydrogens (primary N) is 1. The second kappa shape index (κ2) is 13.9. The van der Waals surface area contributed by atoms with Crippen LogP contribution in [-0.4, -0.2) is 59.3 Å². The van der Waals surface area contributed by atoms with E-state index in [1.807, 2.05) is 6.26 Å². The van der Waals surface area contributed by atoms with Crippen molar-refractivity contribution in [2.75, 3.05) is 24.3 Å². The number of thioether (sulfide) groups is 1. The third-order valence-electron chi connectivity index (χ3n) is 3.66. The van der Waals surface area contributed by atoms with E-state index in [2.05, 4.69) is 31.8 Å². The van der Waals surface area contributed by atoms with Crippen molar-refractivity contribution in [2.24, 2.45) is 17.6 Å². The summed E-state index contributed by atoms with van der Waals surface area (Å²) in [5.41, 5.74) is 5.65. The normalized spacial score (nSPS) is 14.6. The molecule has 0 aromatic rings.